The van der Waals surface area contributed by atoms with E-state index in [4.69, 9.17) is 4.74 Å². The van der Waals surface area contributed by atoms with Gasteiger partial charge in [0.1, 0.15) is 23.7 Å². The maximum Gasteiger partial charge on any atom is 0.250 e. The van der Waals surface area contributed by atoms with Crippen LogP contribution in [-0.2, 0) is 4.79 Å². The van der Waals surface area contributed by atoms with Gasteiger partial charge in [0.05, 0.1) is 24.5 Å². The van der Waals surface area contributed by atoms with E-state index in [1.807, 2.05) is 6.07 Å². The minimum atomic E-state index is -0.0126. The van der Waals surface area contributed by atoms with Crippen molar-refractivity contribution in [1.29, 1.82) is 0 Å². The zero-order valence-electron chi connectivity index (χ0n) is 15.9. The molecule has 29 heavy (non-hydrogen) atoms. The van der Waals surface area contributed by atoms with E-state index in [1.165, 1.54) is 11.0 Å². The first-order valence-corrected chi connectivity index (χ1v) is 9.62. The smallest absolute Gasteiger partial charge is 0.250 e. The Morgan fingerprint density at radius 2 is 1.83 bits per heavy atom. The molecule has 2 aromatic heterocycles. The van der Waals surface area contributed by atoms with Crippen molar-refractivity contribution in [2.75, 3.05) is 17.7 Å². The first kappa shape index (κ1) is 17.6. The molecule has 0 saturated heterocycles. The molecule has 0 bridgehead atoms. The first-order chi connectivity index (χ1) is 14.1. The van der Waals surface area contributed by atoms with Gasteiger partial charge in [-0.05, 0) is 31.7 Å². The molecule has 148 valence electrons. The highest BCUT2D eigenvalue weighted by atomic mass is 16.5. The number of carbonyl (C=O) groups is 2. The topological polar surface area (TPSA) is 111 Å². The predicted octanol–water partition coefficient (Wildman–Crippen LogP) is 2.98. The molecular weight excluding hydrogens is 372 g/mol. The summed E-state index contributed by atoms with van der Waals surface area (Å²) in [4.78, 5) is 32.7. The third-order valence-electron chi connectivity index (χ3n) is 5.15. The molecule has 5 rings (SSSR count). The van der Waals surface area contributed by atoms with Gasteiger partial charge in [-0.15, -0.1) is 0 Å². The normalized spacial score (nSPS) is 15.9. The molecule has 2 N–H and O–H groups in total. The van der Waals surface area contributed by atoms with Crippen LogP contribution >= 0.6 is 0 Å². The van der Waals surface area contributed by atoms with Crippen molar-refractivity contribution >= 4 is 40.0 Å². The van der Waals surface area contributed by atoms with E-state index in [0.717, 1.165) is 31.1 Å². The molecule has 0 atom stereocenters. The van der Waals surface area contributed by atoms with Gasteiger partial charge in [0, 0.05) is 29.4 Å². The maximum atomic E-state index is 12.4. The second kappa shape index (κ2) is 6.84. The van der Waals surface area contributed by atoms with Gasteiger partial charge in [-0.1, -0.05) is 0 Å². The second-order valence-electron chi connectivity index (χ2n) is 7.46. The van der Waals surface area contributed by atoms with E-state index in [1.54, 1.807) is 25.4 Å². The molecule has 0 radical (unpaired) electrons. The van der Waals surface area contributed by atoms with Crippen molar-refractivity contribution in [3.05, 3.63) is 30.7 Å². The molecule has 0 aliphatic heterocycles. The van der Waals surface area contributed by atoms with Gasteiger partial charge in [0.25, 0.3) is 5.91 Å². The molecule has 2 heterocycles. The average molecular weight is 392 g/mol. The fourth-order valence-electron chi connectivity index (χ4n) is 3.21. The van der Waals surface area contributed by atoms with Crippen LogP contribution in [0, 0.1) is 11.8 Å². The number of nitrogens with one attached hydrogen (secondary N) is 2. The number of nitrogens with zero attached hydrogens (tertiary/aromatic N) is 4. The van der Waals surface area contributed by atoms with Gasteiger partial charge in [-0.25, -0.2) is 9.97 Å². The Morgan fingerprint density at radius 1 is 1.07 bits per heavy atom. The van der Waals surface area contributed by atoms with Gasteiger partial charge in [-0.3, -0.25) is 9.59 Å². The van der Waals surface area contributed by atoms with Crippen LogP contribution in [0.2, 0.25) is 0 Å². The highest BCUT2D eigenvalue weighted by Crippen LogP contribution is 2.35. The number of aromatic nitrogens is 4. The summed E-state index contributed by atoms with van der Waals surface area (Å²) in [7, 11) is 1.57. The number of hydrogen-bond acceptors (Lipinski definition) is 7. The van der Waals surface area contributed by atoms with E-state index in [-0.39, 0.29) is 23.7 Å². The zero-order chi connectivity index (χ0) is 20.0. The van der Waals surface area contributed by atoms with Crippen LogP contribution in [0.3, 0.4) is 0 Å². The van der Waals surface area contributed by atoms with E-state index in [0.29, 0.717) is 28.6 Å². The standard InChI is InChI=1S/C20H20N6O3/c1-29-16-7-15-13(9-23-26(15)20(28)12-4-5-12)6-14(16)24-17-8-18(22-10-21-17)25-19(27)11-2-3-11/h6-12H,2-5H2,1H3,(H2,21,22,24,25,27). The summed E-state index contributed by atoms with van der Waals surface area (Å²) in [6, 6.07) is 5.33. The summed E-state index contributed by atoms with van der Waals surface area (Å²) < 4.78 is 6.97. The van der Waals surface area contributed by atoms with Crippen molar-refractivity contribution in [3.63, 3.8) is 0 Å². The molecule has 0 unspecified atom stereocenters. The first-order valence-electron chi connectivity index (χ1n) is 9.62. The number of methoxy groups -OCH3 is 1. The van der Waals surface area contributed by atoms with E-state index >= 15 is 0 Å². The van der Waals surface area contributed by atoms with Crippen molar-refractivity contribution < 1.29 is 14.3 Å². The number of rotatable bonds is 6. The molecular formula is C20H20N6O3. The minimum absolute atomic E-state index is 0.0126. The van der Waals surface area contributed by atoms with Crippen molar-refractivity contribution in [2.45, 2.75) is 25.7 Å². The second-order valence-corrected chi connectivity index (χ2v) is 7.46. The number of carbonyl (C=O) groups excluding carboxylic acids is 2. The lowest BCUT2D eigenvalue weighted by molar-refractivity contribution is -0.117. The molecule has 9 heteroatoms. The summed E-state index contributed by atoms with van der Waals surface area (Å²) in [5, 5.41) is 11.1. The Labute approximate surface area is 166 Å². The summed E-state index contributed by atoms with van der Waals surface area (Å²) in [5.41, 5.74) is 1.39. The lowest BCUT2D eigenvalue weighted by atomic mass is 10.2. The Balaban J connectivity index is 1.42. The van der Waals surface area contributed by atoms with Crippen LogP contribution < -0.4 is 15.4 Å². The van der Waals surface area contributed by atoms with Crippen LogP contribution in [0.1, 0.15) is 30.5 Å². The van der Waals surface area contributed by atoms with E-state index < -0.39 is 0 Å². The maximum absolute atomic E-state index is 12.4. The number of benzene rings is 1. The third-order valence-corrected chi connectivity index (χ3v) is 5.15. The molecule has 2 saturated carbocycles. The predicted molar refractivity (Wildman–Crippen MR) is 106 cm³/mol. The Morgan fingerprint density at radius 3 is 2.55 bits per heavy atom. The Bertz CT molecular complexity index is 1120. The van der Waals surface area contributed by atoms with Crippen LogP contribution in [0.5, 0.6) is 5.75 Å². The highest BCUT2D eigenvalue weighted by molar-refractivity contribution is 5.96. The molecule has 1 amide bonds. The summed E-state index contributed by atoms with van der Waals surface area (Å²) >= 11 is 0. The number of ether oxygens (including phenoxy) is 1. The monoisotopic (exact) mass is 392 g/mol. The van der Waals surface area contributed by atoms with Crippen LogP contribution in [0.25, 0.3) is 10.9 Å². The van der Waals surface area contributed by atoms with Gasteiger partial charge in [-0.2, -0.15) is 9.78 Å². The number of anilines is 3. The minimum Gasteiger partial charge on any atom is -0.494 e. The largest absolute Gasteiger partial charge is 0.494 e. The van der Waals surface area contributed by atoms with Crippen LogP contribution in [0.15, 0.2) is 30.7 Å². The van der Waals surface area contributed by atoms with Crippen LogP contribution in [-0.4, -0.2) is 38.7 Å². The quantitative estimate of drug-likeness (QED) is 0.663. The van der Waals surface area contributed by atoms with Crippen molar-refractivity contribution in [2.24, 2.45) is 11.8 Å². The van der Waals surface area contributed by atoms with E-state index in [2.05, 4.69) is 25.7 Å². The highest BCUT2D eigenvalue weighted by Gasteiger charge is 2.32. The van der Waals surface area contributed by atoms with Gasteiger partial charge in [0.2, 0.25) is 5.91 Å². The molecule has 9 nitrogen and oxygen atoms in total. The van der Waals surface area contributed by atoms with Gasteiger partial charge < -0.3 is 15.4 Å². The Kier molecular flexibility index (Phi) is 4.15. The number of amides is 1. The number of hydrogen-bond donors (Lipinski definition) is 2. The Hall–Kier alpha value is -3.49. The summed E-state index contributed by atoms with van der Waals surface area (Å²) in [6.07, 6.45) is 6.75. The van der Waals surface area contributed by atoms with Gasteiger partial charge >= 0.3 is 0 Å². The van der Waals surface area contributed by atoms with Crippen molar-refractivity contribution in [1.82, 2.24) is 19.7 Å². The molecule has 2 aliphatic carbocycles. The lowest BCUT2D eigenvalue weighted by Crippen LogP contribution is -2.14. The average Bonchev–Trinajstić information content (AvgIpc) is 3.63. The lowest BCUT2D eigenvalue weighted by Gasteiger charge is -2.12. The van der Waals surface area contributed by atoms with Crippen LogP contribution in [0.4, 0.5) is 17.3 Å². The zero-order valence-corrected chi connectivity index (χ0v) is 15.9. The molecule has 2 fully saturated rings. The number of fused-ring (bicyclic) bond motifs is 1. The molecule has 2 aliphatic rings. The van der Waals surface area contributed by atoms with E-state index in [9.17, 15) is 9.59 Å². The fraction of sp³-hybridized carbons (Fsp3) is 0.350. The molecule has 0 spiro atoms. The van der Waals surface area contributed by atoms with Gasteiger partial charge in [0.15, 0.2) is 0 Å². The SMILES string of the molecule is COc1cc2c(cnn2C(=O)C2CC2)cc1Nc1cc(NC(=O)C2CC2)ncn1. The summed E-state index contributed by atoms with van der Waals surface area (Å²) in [6.45, 7) is 0. The fourth-order valence-corrected chi connectivity index (χ4v) is 3.21. The molecule has 3 aromatic rings. The summed E-state index contributed by atoms with van der Waals surface area (Å²) in [5.74, 6) is 1.71. The third kappa shape index (κ3) is 3.51. The molecule has 1 aromatic carbocycles. The van der Waals surface area contributed by atoms with Crippen molar-refractivity contribution in [3.8, 4) is 5.75 Å².